The molecule has 1 fully saturated rings. The fourth-order valence-corrected chi connectivity index (χ4v) is 3.57. The number of amides is 1. The van der Waals surface area contributed by atoms with Gasteiger partial charge in [-0.25, -0.2) is 17.2 Å². The molecule has 0 saturated carbocycles. The summed E-state index contributed by atoms with van der Waals surface area (Å²) in [7, 11) is -3.07. The molecule has 1 aromatic carbocycles. The quantitative estimate of drug-likeness (QED) is 0.886. The number of carbonyl (C=O) groups is 1. The summed E-state index contributed by atoms with van der Waals surface area (Å²) in [6.07, 6.45) is 0.374. The Morgan fingerprint density at radius 1 is 1.35 bits per heavy atom. The van der Waals surface area contributed by atoms with Crippen LogP contribution in [0.4, 0.5) is 8.78 Å². The van der Waals surface area contributed by atoms with Crippen LogP contribution in [0.15, 0.2) is 18.2 Å². The van der Waals surface area contributed by atoms with E-state index in [4.69, 9.17) is 4.74 Å². The number of rotatable bonds is 4. The van der Waals surface area contributed by atoms with Crippen molar-refractivity contribution in [1.82, 2.24) is 5.32 Å². The third kappa shape index (κ3) is 3.89. The molecule has 0 bridgehead atoms. The molecule has 1 amide bonds. The van der Waals surface area contributed by atoms with Gasteiger partial charge in [0.05, 0.1) is 11.5 Å². The zero-order valence-corrected chi connectivity index (χ0v) is 11.3. The molecule has 1 saturated heterocycles. The average Bonchev–Trinajstić information content (AvgIpc) is 2.70. The lowest BCUT2D eigenvalue weighted by Gasteiger charge is -2.11. The minimum atomic E-state index is -3.07. The van der Waals surface area contributed by atoms with E-state index < -0.39 is 33.4 Å². The molecule has 20 heavy (non-hydrogen) atoms. The first kappa shape index (κ1) is 14.7. The van der Waals surface area contributed by atoms with Crippen LogP contribution in [0.2, 0.25) is 0 Å². The molecule has 0 unspecified atom stereocenters. The number of nitrogens with one attached hydrogen (secondary N) is 1. The predicted octanol–water partition coefficient (Wildman–Crippen LogP) is 0.647. The number of sulfone groups is 1. The molecule has 0 aromatic heterocycles. The Kier molecular flexibility index (Phi) is 4.22. The van der Waals surface area contributed by atoms with Crippen LogP contribution >= 0.6 is 0 Å². The average molecular weight is 305 g/mol. The van der Waals surface area contributed by atoms with Crippen molar-refractivity contribution in [3.8, 4) is 5.75 Å². The van der Waals surface area contributed by atoms with E-state index >= 15 is 0 Å². The standard InChI is InChI=1S/C12H13F2NO4S/c13-10-2-1-9(5-11(10)14)19-6-12(16)15-8-3-4-20(17,18)7-8/h1-2,5,8H,3-4,6-7H2,(H,15,16)/t8-/m1/s1. The van der Waals surface area contributed by atoms with Crippen LogP contribution in [-0.2, 0) is 14.6 Å². The van der Waals surface area contributed by atoms with E-state index in [1.165, 1.54) is 6.07 Å². The molecular weight excluding hydrogens is 292 g/mol. The Morgan fingerprint density at radius 3 is 2.70 bits per heavy atom. The van der Waals surface area contributed by atoms with Crippen LogP contribution in [0.5, 0.6) is 5.75 Å². The number of carbonyl (C=O) groups excluding carboxylic acids is 1. The van der Waals surface area contributed by atoms with Crippen LogP contribution in [0.1, 0.15) is 6.42 Å². The Labute approximate surface area is 114 Å². The zero-order valence-electron chi connectivity index (χ0n) is 10.4. The van der Waals surface area contributed by atoms with E-state index in [-0.39, 0.29) is 23.9 Å². The van der Waals surface area contributed by atoms with E-state index in [9.17, 15) is 22.0 Å². The predicted molar refractivity (Wildman–Crippen MR) is 67.1 cm³/mol. The number of halogens is 2. The molecule has 8 heteroatoms. The normalized spacial score (nSPS) is 20.6. The second-order valence-electron chi connectivity index (χ2n) is 4.53. The molecule has 0 spiro atoms. The van der Waals surface area contributed by atoms with Crippen LogP contribution < -0.4 is 10.1 Å². The van der Waals surface area contributed by atoms with Crippen molar-refractivity contribution in [2.24, 2.45) is 0 Å². The number of hydrogen-bond donors (Lipinski definition) is 1. The van der Waals surface area contributed by atoms with Gasteiger partial charge in [0.2, 0.25) is 0 Å². The highest BCUT2D eigenvalue weighted by molar-refractivity contribution is 7.91. The summed E-state index contributed by atoms with van der Waals surface area (Å²) < 4.78 is 53.0. The van der Waals surface area contributed by atoms with Gasteiger partial charge >= 0.3 is 0 Å². The summed E-state index contributed by atoms with van der Waals surface area (Å²) >= 11 is 0. The molecular formula is C12H13F2NO4S. The molecule has 1 heterocycles. The minimum absolute atomic E-state index is 0.0260. The van der Waals surface area contributed by atoms with Gasteiger partial charge < -0.3 is 10.1 Å². The third-order valence-electron chi connectivity index (χ3n) is 2.86. The topological polar surface area (TPSA) is 72.5 Å². The second-order valence-corrected chi connectivity index (χ2v) is 6.76. The van der Waals surface area contributed by atoms with E-state index in [1.54, 1.807) is 0 Å². The number of hydrogen-bond acceptors (Lipinski definition) is 4. The van der Waals surface area contributed by atoms with Crippen molar-refractivity contribution in [2.45, 2.75) is 12.5 Å². The van der Waals surface area contributed by atoms with Crippen molar-refractivity contribution in [3.63, 3.8) is 0 Å². The van der Waals surface area contributed by atoms with Gasteiger partial charge in [-0.15, -0.1) is 0 Å². The summed E-state index contributed by atoms with van der Waals surface area (Å²) in [5, 5.41) is 2.52. The Balaban J connectivity index is 1.82. The Bertz CT molecular complexity index is 618. The highest BCUT2D eigenvalue weighted by Gasteiger charge is 2.28. The fourth-order valence-electron chi connectivity index (χ4n) is 1.89. The summed E-state index contributed by atoms with van der Waals surface area (Å²) in [5.74, 6) is -2.57. The maximum Gasteiger partial charge on any atom is 0.258 e. The van der Waals surface area contributed by atoms with Crippen LogP contribution in [0.25, 0.3) is 0 Å². The van der Waals surface area contributed by atoms with Gasteiger partial charge in [0, 0.05) is 12.1 Å². The maximum atomic E-state index is 12.9. The first-order chi connectivity index (χ1) is 9.35. The van der Waals surface area contributed by atoms with E-state index in [0.29, 0.717) is 6.42 Å². The van der Waals surface area contributed by atoms with Crippen molar-refractivity contribution >= 4 is 15.7 Å². The Hall–Kier alpha value is -1.70. The van der Waals surface area contributed by atoms with E-state index in [0.717, 1.165) is 12.1 Å². The molecule has 1 aliphatic heterocycles. The van der Waals surface area contributed by atoms with E-state index in [2.05, 4.69) is 5.32 Å². The fraction of sp³-hybridized carbons (Fsp3) is 0.417. The van der Waals surface area contributed by atoms with Gasteiger partial charge in [0.1, 0.15) is 5.75 Å². The minimum Gasteiger partial charge on any atom is -0.484 e. The maximum absolute atomic E-state index is 12.9. The first-order valence-corrected chi connectivity index (χ1v) is 7.75. The molecule has 1 aromatic rings. The lowest BCUT2D eigenvalue weighted by Crippen LogP contribution is -2.38. The van der Waals surface area contributed by atoms with Crippen molar-refractivity contribution in [3.05, 3.63) is 29.8 Å². The lowest BCUT2D eigenvalue weighted by atomic mass is 10.2. The molecule has 0 aliphatic carbocycles. The SMILES string of the molecule is O=C(COc1ccc(F)c(F)c1)N[C@@H]1CCS(=O)(=O)C1. The molecule has 1 aliphatic rings. The van der Waals surface area contributed by atoms with Crippen LogP contribution in [0, 0.1) is 11.6 Å². The van der Waals surface area contributed by atoms with Gasteiger partial charge in [-0.2, -0.15) is 0 Å². The Morgan fingerprint density at radius 2 is 2.10 bits per heavy atom. The number of benzene rings is 1. The molecule has 2 rings (SSSR count). The lowest BCUT2D eigenvalue weighted by molar-refractivity contribution is -0.123. The first-order valence-electron chi connectivity index (χ1n) is 5.93. The highest BCUT2D eigenvalue weighted by Crippen LogP contribution is 2.15. The monoisotopic (exact) mass is 305 g/mol. The molecule has 1 atom stereocenters. The van der Waals surface area contributed by atoms with Crippen LogP contribution in [-0.4, -0.2) is 38.5 Å². The summed E-state index contributed by atoms with van der Waals surface area (Å²) in [6.45, 7) is -0.387. The van der Waals surface area contributed by atoms with Gasteiger partial charge in [-0.1, -0.05) is 0 Å². The van der Waals surface area contributed by atoms with Gasteiger partial charge in [0.15, 0.2) is 28.1 Å². The van der Waals surface area contributed by atoms with Crippen molar-refractivity contribution < 1.29 is 26.7 Å². The van der Waals surface area contributed by atoms with Crippen LogP contribution in [0.3, 0.4) is 0 Å². The highest BCUT2D eigenvalue weighted by atomic mass is 32.2. The zero-order chi connectivity index (χ0) is 14.8. The van der Waals surface area contributed by atoms with E-state index in [1.807, 2.05) is 0 Å². The molecule has 0 radical (unpaired) electrons. The van der Waals surface area contributed by atoms with Gasteiger partial charge in [0.25, 0.3) is 5.91 Å². The van der Waals surface area contributed by atoms with Gasteiger partial charge in [-0.3, -0.25) is 4.79 Å². The smallest absolute Gasteiger partial charge is 0.258 e. The second kappa shape index (κ2) is 5.74. The summed E-state index contributed by atoms with van der Waals surface area (Å²) in [4.78, 5) is 11.5. The molecule has 5 nitrogen and oxygen atoms in total. The summed E-state index contributed by atoms with van der Waals surface area (Å²) in [5.41, 5.74) is 0. The summed E-state index contributed by atoms with van der Waals surface area (Å²) in [6, 6.07) is 2.52. The van der Waals surface area contributed by atoms with Crippen molar-refractivity contribution in [1.29, 1.82) is 0 Å². The molecule has 1 N–H and O–H groups in total. The third-order valence-corrected chi connectivity index (χ3v) is 4.63. The van der Waals surface area contributed by atoms with Gasteiger partial charge in [-0.05, 0) is 18.6 Å². The number of ether oxygens (including phenoxy) is 1. The largest absolute Gasteiger partial charge is 0.484 e. The molecule has 110 valence electrons. The van der Waals surface area contributed by atoms with Crippen molar-refractivity contribution in [2.75, 3.05) is 18.1 Å².